The Morgan fingerprint density at radius 1 is 1.11 bits per heavy atom. The number of pyridine rings is 1. The van der Waals surface area contributed by atoms with Gasteiger partial charge in [-0.15, -0.1) is 0 Å². The molecule has 1 aromatic heterocycles. The van der Waals surface area contributed by atoms with Gasteiger partial charge < -0.3 is 9.64 Å². The van der Waals surface area contributed by atoms with Crippen molar-refractivity contribution in [1.82, 2.24) is 14.8 Å². The third kappa shape index (κ3) is 4.36. The van der Waals surface area contributed by atoms with Crippen molar-refractivity contribution in [2.24, 2.45) is 5.92 Å². The number of rotatable bonds is 7. The molecule has 28 heavy (non-hydrogen) atoms. The van der Waals surface area contributed by atoms with Crippen LogP contribution >= 0.6 is 0 Å². The van der Waals surface area contributed by atoms with Crippen LogP contribution in [0.1, 0.15) is 37.4 Å². The SMILES string of the molecule is CCCN1C(=O)C2CCC1CN(Cc1ccc(OCc3ccccn3)cc1)C2. The molecule has 3 aliphatic heterocycles. The van der Waals surface area contributed by atoms with Crippen LogP contribution in [0.3, 0.4) is 0 Å². The molecule has 148 valence electrons. The normalized spacial score (nSPS) is 22.3. The van der Waals surface area contributed by atoms with Crippen LogP contribution < -0.4 is 4.74 Å². The number of ether oxygens (including phenoxy) is 1. The molecule has 1 aromatic carbocycles. The van der Waals surface area contributed by atoms with Crippen LogP contribution in [0.5, 0.6) is 5.75 Å². The van der Waals surface area contributed by atoms with Crippen LogP contribution in [0.4, 0.5) is 0 Å². The summed E-state index contributed by atoms with van der Waals surface area (Å²) in [6, 6.07) is 14.5. The molecule has 5 heteroatoms. The summed E-state index contributed by atoms with van der Waals surface area (Å²) in [5, 5.41) is 0. The van der Waals surface area contributed by atoms with Gasteiger partial charge in [0.1, 0.15) is 12.4 Å². The van der Waals surface area contributed by atoms with Gasteiger partial charge in [-0.2, -0.15) is 0 Å². The maximum atomic E-state index is 12.7. The topological polar surface area (TPSA) is 45.7 Å². The smallest absolute Gasteiger partial charge is 0.227 e. The van der Waals surface area contributed by atoms with Gasteiger partial charge in [0.05, 0.1) is 11.6 Å². The fourth-order valence-electron chi connectivity index (χ4n) is 4.38. The van der Waals surface area contributed by atoms with Crippen LogP contribution in [0.15, 0.2) is 48.7 Å². The number of fused-ring (bicyclic) bond motifs is 4. The van der Waals surface area contributed by atoms with E-state index in [1.54, 1.807) is 6.20 Å². The Morgan fingerprint density at radius 2 is 1.96 bits per heavy atom. The molecule has 0 radical (unpaired) electrons. The number of hydrogen-bond donors (Lipinski definition) is 0. The Labute approximate surface area is 167 Å². The van der Waals surface area contributed by atoms with Crippen LogP contribution in [0.25, 0.3) is 0 Å². The van der Waals surface area contributed by atoms with Crippen molar-refractivity contribution >= 4 is 5.91 Å². The molecule has 3 fully saturated rings. The maximum Gasteiger partial charge on any atom is 0.227 e. The predicted molar refractivity (Wildman–Crippen MR) is 109 cm³/mol. The number of carbonyl (C=O) groups excluding carboxylic acids is 1. The largest absolute Gasteiger partial charge is 0.487 e. The fraction of sp³-hybridized carbons (Fsp3) is 0.478. The number of piperidine rings is 1. The lowest BCUT2D eigenvalue weighted by atomic mass is 9.94. The van der Waals surface area contributed by atoms with Gasteiger partial charge in [-0.1, -0.05) is 25.1 Å². The average Bonchev–Trinajstić information content (AvgIpc) is 3.00. The third-order valence-electron chi connectivity index (χ3n) is 5.78. The van der Waals surface area contributed by atoms with E-state index < -0.39 is 0 Å². The first-order valence-corrected chi connectivity index (χ1v) is 10.4. The summed E-state index contributed by atoms with van der Waals surface area (Å²) in [6.07, 6.45) is 5.01. The third-order valence-corrected chi connectivity index (χ3v) is 5.78. The highest BCUT2D eigenvalue weighted by molar-refractivity contribution is 5.80. The molecular weight excluding hydrogens is 350 g/mol. The molecule has 3 aliphatic rings. The Bertz CT molecular complexity index is 778. The van der Waals surface area contributed by atoms with E-state index in [0.717, 1.165) is 56.9 Å². The first-order valence-electron chi connectivity index (χ1n) is 10.4. The lowest BCUT2D eigenvalue weighted by Crippen LogP contribution is -2.48. The molecule has 2 bridgehead atoms. The molecule has 2 aromatic rings. The molecule has 0 spiro atoms. The summed E-state index contributed by atoms with van der Waals surface area (Å²) in [5.74, 6) is 1.40. The highest BCUT2D eigenvalue weighted by Crippen LogP contribution is 2.30. The van der Waals surface area contributed by atoms with E-state index in [2.05, 4.69) is 33.8 Å². The van der Waals surface area contributed by atoms with Crippen molar-refractivity contribution in [3.05, 3.63) is 59.9 Å². The van der Waals surface area contributed by atoms with Gasteiger partial charge >= 0.3 is 0 Å². The molecule has 0 saturated carbocycles. The van der Waals surface area contributed by atoms with Gasteiger partial charge in [-0.25, -0.2) is 0 Å². The molecule has 0 N–H and O–H groups in total. The maximum absolute atomic E-state index is 12.7. The van der Waals surface area contributed by atoms with Crippen molar-refractivity contribution in [3.63, 3.8) is 0 Å². The number of carbonyl (C=O) groups is 1. The summed E-state index contributed by atoms with van der Waals surface area (Å²) in [4.78, 5) is 21.6. The Kier molecular flexibility index (Phi) is 5.91. The van der Waals surface area contributed by atoms with E-state index in [4.69, 9.17) is 4.74 Å². The highest BCUT2D eigenvalue weighted by Gasteiger charge is 2.39. The lowest BCUT2D eigenvalue weighted by Gasteiger charge is -2.35. The van der Waals surface area contributed by atoms with Crippen molar-refractivity contribution in [2.75, 3.05) is 19.6 Å². The Balaban J connectivity index is 1.35. The van der Waals surface area contributed by atoms with Crippen molar-refractivity contribution in [3.8, 4) is 5.75 Å². The van der Waals surface area contributed by atoms with E-state index in [0.29, 0.717) is 18.6 Å². The molecule has 2 atom stereocenters. The highest BCUT2D eigenvalue weighted by atomic mass is 16.5. The first kappa shape index (κ1) is 18.9. The molecule has 0 aliphatic carbocycles. The van der Waals surface area contributed by atoms with E-state index in [1.807, 2.05) is 30.3 Å². The monoisotopic (exact) mass is 379 g/mol. The van der Waals surface area contributed by atoms with Gasteiger partial charge in [0, 0.05) is 38.4 Å². The number of nitrogens with zero attached hydrogens (tertiary/aromatic N) is 3. The standard InChI is InChI=1S/C23H29N3O2/c1-2-13-26-21-9-8-19(23(26)27)15-25(16-21)14-18-6-10-22(11-7-18)28-17-20-5-3-4-12-24-20/h3-7,10-12,19,21H,2,8-9,13-17H2,1H3. The minimum absolute atomic E-state index is 0.172. The molecular formula is C23H29N3O2. The van der Waals surface area contributed by atoms with E-state index >= 15 is 0 Å². The van der Waals surface area contributed by atoms with Gasteiger partial charge in [0.2, 0.25) is 5.91 Å². The molecule has 1 amide bonds. The molecule has 4 heterocycles. The summed E-state index contributed by atoms with van der Waals surface area (Å²) in [5.41, 5.74) is 2.19. The number of benzene rings is 1. The molecule has 5 nitrogen and oxygen atoms in total. The predicted octanol–water partition coefficient (Wildman–Crippen LogP) is 3.49. The molecule has 2 unspecified atom stereocenters. The Hall–Kier alpha value is -2.40. The van der Waals surface area contributed by atoms with E-state index in [9.17, 15) is 4.79 Å². The Morgan fingerprint density at radius 3 is 2.71 bits per heavy atom. The zero-order valence-electron chi connectivity index (χ0n) is 16.6. The second-order valence-electron chi connectivity index (χ2n) is 7.91. The molecule has 5 rings (SSSR count). The van der Waals surface area contributed by atoms with Crippen molar-refractivity contribution < 1.29 is 9.53 Å². The second-order valence-corrected chi connectivity index (χ2v) is 7.91. The van der Waals surface area contributed by atoms with Crippen molar-refractivity contribution in [2.45, 2.75) is 45.4 Å². The summed E-state index contributed by atoms with van der Waals surface area (Å²) in [7, 11) is 0. The van der Waals surface area contributed by atoms with Gasteiger partial charge in [-0.3, -0.25) is 14.7 Å². The quantitative estimate of drug-likeness (QED) is 0.739. The minimum Gasteiger partial charge on any atom is -0.487 e. The number of hydrogen-bond acceptors (Lipinski definition) is 4. The average molecular weight is 380 g/mol. The zero-order valence-corrected chi connectivity index (χ0v) is 16.6. The van der Waals surface area contributed by atoms with E-state index in [-0.39, 0.29) is 5.92 Å². The minimum atomic E-state index is 0.172. The molecule has 3 saturated heterocycles. The van der Waals surface area contributed by atoms with Crippen LogP contribution in [-0.4, -0.2) is 46.4 Å². The summed E-state index contributed by atoms with van der Waals surface area (Å²) in [6.45, 7) is 6.29. The van der Waals surface area contributed by atoms with Crippen LogP contribution in [0.2, 0.25) is 0 Å². The first-order chi connectivity index (χ1) is 13.7. The van der Waals surface area contributed by atoms with Gasteiger partial charge in [0.25, 0.3) is 0 Å². The van der Waals surface area contributed by atoms with Crippen LogP contribution in [-0.2, 0) is 17.9 Å². The van der Waals surface area contributed by atoms with Crippen molar-refractivity contribution in [1.29, 1.82) is 0 Å². The van der Waals surface area contributed by atoms with Gasteiger partial charge in [0.15, 0.2) is 0 Å². The van der Waals surface area contributed by atoms with Crippen LogP contribution in [0, 0.1) is 5.92 Å². The van der Waals surface area contributed by atoms with Gasteiger partial charge in [-0.05, 0) is 49.1 Å². The number of aromatic nitrogens is 1. The van der Waals surface area contributed by atoms with E-state index in [1.165, 1.54) is 5.56 Å². The summed E-state index contributed by atoms with van der Waals surface area (Å²) < 4.78 is 5.83. The number of amides is 1. The fourth-order valence-corrected chi connectivity index (χ4v) is 4.38. The lowest BCUT2D eigenvalue weighted by molar-refractivity contribution is -0.139. The zero-order chi connectivity index (χ0) is 19.3. The summed E-state index contributed by atoms with van der Waals surface area (Å²) >= 11 is 0. The second kappa shape index (κ2) is 8.74.